The van der Waals surface area contributed by atoms with Gasteiger partial charge in [0.2, 0.25) is 0 Å². The first kappa shape index (κ1) is 122. The van der Waals surface area contributed by atoms with Crippen LogP contribution in [0.5, 0.6) is 0 Å². The molecule has 12 aromatic carbocycles. The number of hydrogen-bond acceptors (Lipinski definition) is 21. The van der Waals surface area contributed by atoms with Gasteiger partial charge in [0.05, 0.1) is 91.0 Å². The number of aromatic carboxylic acids is 3. The zero-order chi connectivity index (χ0) is 101. The smallest absolute Gasteiger partial charge is 0.354 e. The molecule has 0 aliphatic heterocycles. The van der Waals surface area contributed by atoms with E-state index in [1.54, 1.807) is 107 Å². The number of aromatic nitrogens is 13. The third kappa shape index (κ3) is 38.4. The fraction of sp³-hybridized carbons (Fsp3) is 0.114. The summed E-state index contributed by atoms with van der Waals surface area (Å²) in [6.07, 6.45) is 3.79. The van der Waals surface area contributed by atoms with Gasteiger partial charge < -0.3 is 35.7 Å². The first-order chi connectivity index (χ1) is 68.5. The second kappa shape index (κ2) is 62.7. The van der Waals surface area contributed by atoms with Gasteiger partial charge in [0.1, 0.15) is 22.9 Å². The van der Waals surface area contributed by atoms with Gasteiger partial charge in [-0.3, -0.25) is 58.6 Å². The monoisotopic (exact) mass is 2880 g/mol. The van der Waals surface area contributed by atoms with E-state index in [9.17, 15) is 27.6 Å². The van der Waals surface area contributed by atoms with E-state index in [0.717, 1.165) is 134 Å². The molecule has 24 nitrogen and oxygen atoms in total. The molecule has 0 fully saturated rings. The molecule has 33 heteroatoms. The van der Waals surface area contributed by atoms with Crippen LogP contribution in [0.2, 0.25) is 5.02 Å². The third-order valence-corrected chi connectivity index (χ3v) is 20.0. The largest absolute Gasteiger partial charge is 0.477 e. The fourth-order valence-electron chi connectivity index (χ4n) is 13.3. The van der Waals surface area contributed by atoms with E-state index in [1.165, 1.54) is 73.2 Å². The number of rotatable bonds is 14. The van der Waals surface area contributed by atoms with Gasteiger partial charge in [0.15, 0.2) is 0 Å². The van der Waals surface area contributed by atoms with Crippen molar-refractivity contribution < 1.29 is 166 Å². The number of nitriles is 1. The molecule has 0 saturated carbocycles. The van der Waals surface area contributed by atoms with Crippen molar-refractivity contribution in [1.29, 1.82) is 5.26 Å². The van der Waals surface area contributed by atoms with Crippen LogP contribution in [0, 0.1) is 79.9 Å². The number of para-hydroxylation sites is 10. The summed E-state index contributed by atoms with van der Waals surface area (Å²) in [5, 5.41) is 68.7. The summed E-state index contributed by atoms with van der Waals surface area (Å²) >= 11 is 5.87. The van der Waals surface area contributed by atoms with Crippen LogP contribution in [0.25, 0.3) is 134 Å². The summed E-state index contributed by atoms with van der Waals surface area (Å²) in [5.74, 6) is -3.95. The minimum atomic E-state index is -0.990. The standard InChI is InChI=1S/C20H11F2N2.C20H13N2.C16H10N3.C15H10ClN2.C15H10FN2.3C6H5NO2.2C5H12O2.3Ir.2Pt/c21-15-9-5-13(6-10-15)19-20(14-7-11-16(22)12-8-14)24-18-4-2-1-3-17(18)23-19;1-3-9-15(10-4-1)19-20(16-11-5-2-6-12-16)22-18-14-8-7-13-17(18)21-19;1-11-16(13-8-6-12(10-17)7-9-13)19-15-5-3-2-4-14(15)18-11;2*1-10-15(11-6-8-12(16)9-7-11)18-14-5-3-2-4-13(14)17-10;3*8-6(9)5-3-1-2-4-7-5;2*1-4(6)3-5(2)7;;;;;/h1-7,9-12H;1-11,13-14H;2-8H,1H3;2*2-6,8-9H,1H3;3*1-4H,(H,8,9);2*4-7H,3H2,1-2H3;;;;;/q5*-1;;;;;;;;;;. The Hall–Kier alpha value is -14.1. The van der Waals surface area contributed by atoms with Gasteiger partial charge in [0, 0.05) is 184 Å². The number of fused-ring (bicyclic) bond motifs is 5. The SMILES string of the molecule is CC(O)CC(C)O.CC(O)CC(C)O.Cc1nc2ccccc2nc1-c1[c-]cc(C#N)cc1.Cc1nc2ccccc2nc1-c1[c-]cc(Cl)cc1.Cc1nc2ccccc2nc1-c1[c-]cc(F)cc1.Fc1c[c-]c(-c2nc3ccccc3nc2-c2ccc(F)cc2)cc1.O=C(O)c1ccccn1.O=C(O)c1ccccn1.O=C(O)c1ccccn1.[Ir].[Ir].[Ir].[Pt].[Pt].[c-]1ccccc1-c1nc2ccccc2nc1-c1ccccc1. The molecule has 8 heterocycles. The van der Waals surface area contributed by atoms with E-state index in [-0.39, 0.29) is 161 Å². The first-order valence-corrected chi connectivity index (χ1v) is 44.5. The molecule has 20 rings (SSSR count). The number of aliphatic hydroxyl groups excluding tert-OH is 4. The average molecular weight is 2880 g/mol. The van der Waals surface area contributed by atoms with Crippen molar-refractivity contribution >= 4 is 84.7 Å². The molecule has 0 saturated heterocycles. The minimum absolute atomic E-state index is 0. The van der Waals surface area contributed by atoms with Gasteiger partial charge in [-0.25, -0.2) is 39.0 Å². The molecule has 4 atom stereocenters. The Labute approximate surface area is 921 Å². The van der Waals surface area contributed by atoms with Crippen LogP contribution >= 0.6 is 11.6 Å². The summed E-state index contributed by atoms with van der Waals surface area (Å²) in [5.41, 5.74) is 23.2. The Balaban J connectivity index is 0.000000255. The molecule has 0 spiro atoms. The van der Waals surface area contributed by atoms with Crippen molar-refractivity contribution in [2.45, 2.75) is 85.7 Å². The van der Waals surface area contributed by atoms with Gasteiger partial charge in [-0.15, -0.1) is 167 Å². The average Bonchev–Trinajstić information content (AvgIpc) is 0.785. The normalized spacial score (nSPS) is 10.8. The number of hydrogen-bond donors (Lipinski definition) is 7. The molecule has 0 aliphatic rings. The van der Waals surface area contributed by atoms with Gasteiger partial charge in [-0.05, 0) is 192 Å². The molecule has 8 aromatic heterocycles. The maximum atomic E-state index is 13.2. The maximum absolute atomic E-state index is 13.2. The molecule has 759 valence electrons. The van der Waals surface area contributed by atoms with E-state index in [1.807, 2.05) is 203 Å². The van der Waals surface area contributed by atoms with Crippen LogP contribution < -0.4 is 0 Å². The second-order valence-electron chi connectivity index (χ2n) is 31.2. The predicted molar refractivity (Wildman–Crippen MR) is 543 cm³/mol. The number of nitrogens with zero attached hydrogens (tertiary/aromatic N) is 14. The van der Waals surface area contributed by atoms with E-state index in [0.29, 0.717) is 40.4 Å². The van der Waals surface area contributed by atoms with E-state index >= 15 is 0 Å². The molecule has 0 amide bonds. The van der Waals surface area contributed by atoms with Gasteiger partial charge in [0.25, 0.3) is 0 Å². The van der Waals surface area contributed by atoms with E-state index in [2.05, 4.69) is 103 Å². The predicted octanol–water partition coefficient (Wildman–Crippen LogP) is 23.3. The van der Waals surface area contributed by atoms with Gasteiger partial charge in [-0.1, -0.05) is 121 Å². The van der Waals surface area contributed by atoms with Crippen LogP contribution in [0.4, 0.5) is 13.2 Å². The summed E-state index contributed by atoms with van der Waals surface area (Å²) in [6.45, 7) is 12.4. The molecule has 4 unspecified atom stereocenters. The van der Waals surface area contributed by atoms with Crippen molar-refractivity contribution in [2.75, 3.05) is 0 Å². The molecule has 0 bridgehead atoms. The van der Waals surface area contributed by atoms with Crippen LogP contribution in [0.3, 0.4) is 0 Å². The number of carbonyl (C=O) groups is 3. The Morgan fingerprint density at radius 1 is 0.306 bits per heavy atom. The molecule has 20 aromatic rings. The first-order valence-electron chi connectivity index (χ1n) is 44.2. The topological polar surface area (TPSA) is 384 Å². The quantitative estimate of drug-likeness (QED) is 0.0497. The zero-order valence-corrected chi connectivity index (χ0v) is 91.9. The van der Waals surface area contributed by atoms with Crippen LogP contribution in [-0.4, -0.2) is 143 Å². The van der Waals surface area contributed by atoms with Gasteiger partial charge in [-0.2, -0.15) is 0 Å². The summed E-state index contributed by atoms with van der Waals surface area (Å²) < 4.78 is 39.3. The van der Waals surface area contributed by atoms with Crippen molar-refractivity contribution in [1.82, 2.24) is 64.8 Å². The molecule has 3 radical (unpaired) electrons. The summed E-state index contributed by atoms with van der Waals surface area (Å²) in [7, 11) is 0. The number of halogens is 4. The Morgan fingerprint density at radius 3 is 0.830 bits per heavy atom. The maximum Gasteiger partial charge on any atom is 0.354 e. The van der Waals surface area contributed by atoms with Crippen molar-refractivity contribution in [2.24, 2.45) is 0 Å². The molecular formula is C114H93ClF3Ir3N14O10Pt2-5. The Kier molecular flexibility index (Phi) is 51.9. The number of carboxylic acids is 3. The summed E-state index contributed by atoms with van der Waals surface area (Å²) in [4.78, 5) is 87.6. The molecule has 7 N–H and O–H groups in total. The zero-order valence-electron chi connectivity index (χ0n) is 79.4. The van der Waals surface area contributed by atoms with Crippen LogP contribution in [0.1, 0.15) is 94.6 Å². The number of aliphatic hydroxyl groups is 4. The van der Waals surface area contributed by atoms with Crippen molar-refractivity contribution in [3.63, 3.8) is 0 Å². The van der Waals surface area contributed by atoms with E-state index in [4.69, 9.17) is 62.6 Å². The third-order valence-electron chi connectivity index (χ3n) is 19.8. The Bertz CT molecular complexity index is 7140. The Morgan fingerprint density at radius 2 is 0.571 bits per heavy atom. The molecule has 0 aliphatic carbocycles. The van der Waals surface area contributed by atoms with Crippen molar-refractivity contribution in [3.8, 4) is 84.9 Å². The number of carboxylic acid groups (broad SMARTS) is 3. The summed E-state index contributed by atoms with van der Waals surface area (Å²) in [6, 6.07) is 114. The number of benzene rings is 12. The minimum Gasteiger partial charge on any atom is -0.477 e. The van der Waals surface area contributed by atoms with Crippen LogP contribution in [-0.2, 0) is 102 Å². The van der Waals surface area contributed by atoms with Crippen LogP contribution in [0.15, 0.2) is 346 Å². The second-order valence-corrected chi connectivity index (χ2v) is 31.6. The van der Waals surface area contributed by atoms with E-state index < -0.39 is 17.9 Å². The molecular weight excluding hydrogens is 2780 g/mol. The fourth-order valence-corrected chi connectivity index (χ4v) is 13.4. The molecule has 147 heavy (non-hydrogen) atoms. The van der Waals surface area contributed by atoms with Gasteiger partial charge >= 0.3 is 17.9 Å². The van der Waals surface area contributed by atoms with Crippen molar-refractivity contribution in [3.05, 3.63) is 439 Å². The number of aryl methyl sites for hydroxylation is 3. The number of pyridine rings is 3.